The fourth-order valence-electron chi connectivity index (χ4n) is 0.611. The lowest BCUT2D eigenvalue weighted by molar-refractivity contribution is -0.123. The van der Waals surface area contributed by atoms with Crippen molar-refractivity contribution in [2.24, 2.45) is 5.73 Å². The van der Waals surface area contributed by atoms with Crippen LogP contribution in [0.2, 0.25) is 0 Å². The van der Waals surface area contributed by atoms with Gasteiger partial charge in [-0.2, -0.15) is 4.31 Å². The number of urea groups is 1. The molecule has 1 saturated heterocycles. The lowest BCUT2D eigenvalue weighted by Crippen LogP contribution is -2.40. The zero-order valence-electron chi connectivity index (χ0n) is 5.76. The van der Waals surface area contributed by atoms with E-state index in [-0.39, 0.29) is 0 Å². The quantitative estimate of drug-likeness (QED) is 0.545. The molecule has 13 heavy (non-hydrogen) atoms. The van der Waals surface area contributed by atoms with Crippen LogP contribution in [0.5, 0.6) is 0 Å². The van der Waals surface area contributed by atoms with E-state index in [0.29, 0.717) is 16.3 Å². The average molecular weight is 284 g/mol. The van der Waals surface area contributed by atoms with E-state index in [9.17, 15) is 9.59 Å². The van der Waals surface area contributed by atoms with Crippen LogP contribution in [0.3, 0.4) is 0 Å². The van der Waals surface area contributed by atoms with Gasteiger partial charge in [-0.1, -0.05) is 46.4 Å². The summed E-state index contributed by atoms with van der Waals surface area (Å²) in [4.78, 5) is 21.9. The highest BCUT2D eigenvalue weighted by Crippen LogP contribution is 2.58. The second-order valence-corrected chi connectivity index (χ2v) is 6.38. The molecule has 1 aliphatic heterocycles. The van der Waals surface area contributed by atoms with Crippen molar-refractivity contribution >= 4 is 70.3 Å². The second kappa shape index (κ2) is 3.24. The first kappa shape index (κ1) is 11.5. The molecule has 0 bridgehead atoms. The fourth-order valence-corrected chi connectivity index (χ4v) is 2.40. The summed E-state index contributed by atoms with van der Waals surface area (Å²) in [5.74, 6) is -0.946. The molecule has 1 fully saturated rings. The zero-order chi connectivity index (χ0) is 10.4. The standard InChI is InChI=1S/C4H2Cl4N2O2S/c5-3(6)1(11)10(2(9)12)13-4(3,7)8/h(H2,9,12). The van der Waals surface area contributed by atoms with E-state index >= 15 is 0 Å². The van der Waals surface area contributed by atoms with Gasteiger partial charge < -0.3 is 5.73 Å². The van der Waals surface area contributed by atoms with Crippen LogP contribution in [0, 0.1) is 0 Å². The molecule has 2 N–H and O–H groups in total. The molecule has 74 valence electrons. The first-order valence-corrected chi connectivity index (χ1v) is 5.07. The van der Waals surface area contributed by atoms with E-state index in [1.807, 2.05) is 0 Å². The lowest BCUT2D eigenvalue weighted by Gasteiger charge is -2.18. The fraction of sp³-hybridized carbons (Fsp3) is 0.500. The minimum atomic E-state index is -2.07. The summed E-state index contributed by atoms with van der Waals surface area (Å²) in [6, 6.07) is -1.02. The highest BCUT2D eigenvalue weighted by Gasteiger charge is 2.64. The number of amides is 3. The van der Waals surface area contributed by atoms with E-state index in [2.05, 4.69) is 0 Å². The number of carbonyl (C=O) groups is 2. The number of imide groups is 1. The number of halogens is 4. The summed E-state index contributed by atoms with van der Waals surface area (Å²) >= 11 is 22.7. The summed E-state index contributed by atoms with van der Waals surface area (Å²) < 4.78 is -3.38. The molecular weight excluding hydrogens is 282 g/mol. The molecule has 1 aliphatic rings. The molecule has 0 aliphatic carbocycles. The molecule has 0 aromatic rings. The number of primary amides is 1. The Hall–Kier alpha value is 0.450. The molecule has 0 unspecified atom stereocenters. The summed E-state index contributed by atoms with van der Waals surface area (Å²) in [6.45, 7) is 0. The summed E-state index contributed by atoms with van der Waals surface area (Å²) in [5.41, 5.74) is 4.84. The van der Waals surface area contributed by atoms with Crippen molar-refractivity contribution in [3.63, 3.8) is 0 Å². The van der Waals surface area contributed by atoms with Gasteiger partial charge >= 0.3 is 6.03 Å². The maximum absolute atomic E-state index is 11.3. The first-order valence-electron chi connectivity index (χ1n) is 2.79. The molecular formula is C4H2Cl4N2O2S. The average Bonchev–Trinajstić information content (AvgIpc) is 2.11. The van der Waals surface area contributed by atoms with Crippen LogP contribution in [0.4, 0.5) is 4.79 Å². The Morgan fingerprint density at radius 3 is 2.00 bits per heavy atom. The molecule has 1 rings (SSSR count). The summed E-state index contributed by atoms with van der Waals surface area (Å²) in [6.07, 6.45) is 0. The van der Waals surface area contributed by atoms with E-state index < -0.39 is 19.9 Å². The Labute approximate surface area is 97.7 Å². The van der Waals surface area contributed by atoms with Crippen molar-refractivity contribution in [3.8, 4) is 0 Å². The molecule has 1 heterocycles. The van der Waals surface area contributed by atoms with Gasteiger partial charge in [0.15, 0.2) is 0 Å². The molecule has 0 spiro atoms. The predicted octanol–water partition coefficient (Wildman–Crippen LogP) is 1.86. The van der Waals surface area contributed by atoms with Crippen LogP contribution in [-0.2, 0) is 4.79 Å². The highest BCUT2D eigenvalue weighted by molar-refractivity contribution is 8.03. The van der Waals surface area contributed by atoms with E-state index in [1.54, 1.807) is 0 Å². The molecule has 0 saturated carbocycles. The predicted molar refractivity (Wildman–Crippen MR) is 52.9 cm³/mol. The van der Waals surface area contributed by atoms with Gasteiger partial charge in [0.1, 0.15) is 0 Å². The number of hydrogen-bond acceptors (Lipinski definition) is 3. The maximum atomic E-state index is 11.3. The number of nitrogens with zero attached hydrogens (tertiary/aromatic N) is 1. The van der Waals surface area contributed by atoms with Gasteiger partial charge in [0.05, 0.1) is 0 Å². The number of hydrogen-bond donors (Lipinski definition) is 1. The van der Waals surface area contributed by atoms with Crippen LogP contribution >= 0.6 is 58.4 Å². The van der Waals surface area contributed by atoms with Gasteiger partial charge in [-0.3, -0.25) is 4.79 Å². The van der Waals surface area contributed by atoms with E-state index in [1.165, 1.54) is 0 Å². The van der Waals surface area contributed by atoms with Gasteiger partial charge in [-0.15, -0.1) is 0 Å². The topological polar surface area (TPSA) is 63.4 Å². The Morgan fingerprint density at radius 2 is 1.85 bits per heavy atom. The third-order valence-electron chi connectivity index (χ3n) is 1.22. The minimum absolute atomic E-state index is 0.467. The summed E-state index contributed by atoms with van der Waals surface area (Å²) in [5, 5.41) is 0. The van der Waals surface area contributed by atoms with Crippen molar-refractivity contribution in [2.45, 2.75) is 8.00 Å². The molecule has 0 radical (unpaired) electrons. The van der Waals surface area contributed by atoms with Crippen LogP contribution in [0.1, 0.15) is 0 Å². The smallest absolute Gasteiger partial charge is 0.332 e. The van der Waals surface area contributed by atoms with Crippen LogP contribution in [0.25, 0.3) is 0 Å². The number of alkyl halides is 4. The van der Waals surface area contributed by atoms with Crippen LogP contribution < -0.4 is 5.73 Å². The van der Waals surface area contributed by atoms with E-state index in [0.717, 1.165) is 0 Å². The normalized spacial score (nSPS) is 24.9. The Morgan fingerprint density at radius 1 is 1.38 bits per heavy atom. The number of carbonyl (C=O) groups excluding carboxylic acids is 2. The van der Waals surface area contributed by atoms with E-state index in [4.69, 9.17) is 52.1 Å². The highest BCUT2D eigenvalue weighted by atomic mass is 35.5. The van der Waals surface area contributed by atoms with Gasteiger partial charge in [-0.05, 0) is 0 Å². The molecule has 4 nitrogen and oxygen atoms in total. The largest absolute Gasteiger partial charge is 0.350 e. The zero-order valence-corrected chi connectivity index (χ0v) is 9.60. The van der Waals surface area contributed by atoms with Gasteiger partial charge in [-0.25, -0.2) is 4.79 Å². The Kier molecular flexibility index (Phi) is 2.87. The third-order valence-corrected chi connectivity index (χ3v) is 4.77. The van der Waals surface area contributed by atoms with Gasteiger partial charge in [0.2, 0.25) is 8.00 Å². The molecule has 0 aromatic carbocycles. The molecule has 0 aromatic heterocycles. The van der Waals surface area contributed by atoms with Crippen molar-refractivity contribution in [1.82, 2.24) is 4.31 Å². The van der Waals surface area contributed by atoms with Crippen molar-refractivity contribution in [3.05, 3.63) is 0 Å². The number of rotatable bonds is 0. The Balaban J connectivity index is 3.06. The van der Waals surface area contributed by atoms with Crippen molar-refractivity contribution in [1.29, 1.82) is 0 Å². The maximum Gasteiger partial charge on any atom is 0.332 e. The monoisotopic (exact) mass is 282 g/mol. The summed E-state index contributed by atoms with van der Waals surface area (Å²) in [7, 11) is 0. The molecule has 3 amide bonds. The van der Waals surface area contributed by atoms with Gasteiger partial charge in [0, 0.05) is 11.9 Å². The van der Waals surface area contributed by atoms with Crippen LogP contribution in [-0.4, -0.2) is 24.2 Å². The molecule has 9 heteroatoms. The first-order chi connectivity index (χ1) is 5.70. The SMILES string of the molecule is NC(=O)N1SC(Cl)(Cl)C(Cl)(Cl)C1=O. The second-order valence-electron chi connectivity index (χ2n) is 2.12. The third kappa shape index (κ3) is 1.68. The van der Waals surface area contributed by atoms with Crippen molar-refractivity contribution < 1.29 is 9.59 Å². The molecule has 0 atom stereocenters. The van der Waals surface area contributed by atoms with Gasteiger partial charge in [0.25, 0.3) is 5.91 Å². The number of nitrogens with two attached hydrogens (primary N) is 1. The minimum Gasteiger partial charge on any atom is -0.350 e. The Bertz CT molecular complexity index is 281. The van der Waals surface area contributed by atoms with Crippen molar-refractivity contribution in [2.75, 3.05) is 0 Å². The van der Waals surface area contributed by atoms with Crippen LogP contribution in [0.15, 0.2) is 0 Å². The lowest BCUT2D eigenvalue weighted by atomic mass is 10.4.